The molecule has 0 unspecified atom stereocenters. The summed E-state index contributed by atoms with van der Waals surface area (Å²) in [4.78, 5) is 21.2. The van der Waals surface area contributed by atoms with Gasteiger partial charge in [-0.15, -0.1) is 0 Å². The fourth-order valence-electron chi connectivity index (χ4n) is 2.49. The van der Waals surface area contributed by atoms with Crippen molar-refractivity contribution in [3.63, 3.8) is 0 Å². The third-order valence-electron chi connectivity index (χ3n) is 3.92. The number of aromatic amines is 2. The average Bonchev–Trinajstić information content (AvgIpc) is 2.88. The molecule has 0 fully saturated rings. The monoisotopic (exact) mass is 337 g/mol. The number of hydrogen-bond acceptors (Lipinski definition) is 2. The third kappa shape index (κ3) is 2.63. The van der Waals surface area contributed by atoms with Gasteiger partial charge in [0.25, 0.3) is 0 Å². The van der Waals surface area contributed by atoms with Crippen LogP contribution in [0.15, 0.2) is 23.0 Å². The van der Waals surface area contributed by atoms with Crippen LogP contribution < -0.4 is 5.69 Å². The fourth-order valence-corrected chi connectivity index (χ4v) is 2.92. The molecule has 0 saturated carbocycles. The summed E-state index contributed by atoms with van der Waals surface area (Å²) in [5.74, 6) is -1.87. The van der Waals surface area contributed by atoms with Crippen molar-refractivity contribution in [1.29, 1.82) is 0 Å². The predicted molar refractivity (Wildman–Crippen MR) is 85.8 cm³/mol. The van der Waals surface area contributed by atoms with Gasteiger partial charge in [-0.1, -0.05) is 31.5 Å². The van der Waals surface area contributed by atoms with E-state index in [1.165, 1.54) is 6.07 Å². The quantitative estimate of drug-likeness (QED) is 0.745. The van der Waals surface area contributed by atoms with Crippen LogP contribution in [0.4, 0.5) is 8.78 Å². The highest BCUT2D eigenvalue weighted by molar-refractivity contribution is 6.35. The van der Waals surface area contributed by atoms with Crippen molar-refractivity contribution in [2.24, 2.45) is 0 Å². The minimum Gasteiger partial charge on any atom is -0.304 e. The highest BCUT2D eigenvalue weighted by Crippen LogP contribution is 2.38. The van der Waals surface area contributed by atoms with Gasteiger partial charge in [0.15, 0.2) is 17.3 Å². The van der Waals surface area contributed by atoms with Crippen LogP contribution in [-0.4, -0.2) is 15.0 Å². The molecule has 0 saturated heterocycles. The van der Waals surface area contributed by atoms with Gasteiger partial charge in [0.1, 0.15) is 0 Å². The number of benzene rings is 1. The lowest BCUT2D eigenvalue weighted by Gasteiger charge is -2.14. The summed E-state index contributed by atoms with van der Waals surface area (Å²) in [5.41, 5.74) is 1.70. The summed E-state index contributed by atoms with van der Waals surface area (Å²) >= 11 is 6.48. The number of pyridine rings is 1. The maximum atomic E-state index is 13.6. The Morgan fingerprint density at radius 2 is 2.00 bits per heavy atom. The van der Waals surface area contributed by atoms with Gasteiger partial charge in [0.05, 0.1) is 16.2 Å². The molecule has 4 nitrogen and oxygen atoms in total. The number of H-pyrrole nitrogens is 2. The van der Waals surface area contributed by atoms with Crippen molar-refractivity contribution in [2.75, 3.05) is 0 Å². The van der Waals surface area contributed by atoms with E-state index in [-0.39, 0.29) is 5.92 Å². The zero-order valence-corrected chi connectivity index (χ0v) is 13.3. The van der Waals surface area contributed by atoms with Crippen LogP contribution in [-0.2, 0) is 0 Å². The van der Waals surface area contributed by atoms with Crippen molar-refractivity contribution < 1.29 is 8.78 Å². The van der Waals surface area contributed by atoms with Gasteiger partial charge in [0.2, 0.25) is 0 Å². The Balaban J connectivity index is 2.39. The molecule has 120 valence electrons. The molecule has 7 heteroatoms. The lowest BCUT2D eigenvalue weighted by Crippen LogP contribution is -2.00. The van der Waals surface area contributed by atoms with E-state index in [9.17, 15) is 13.6 Å². The van der Waals surface area contributed by atoms with Crippen molar-refractivity contribution in [3.8, 4) is 11.1 Å². The van der Waals surface area contributed by atoms with E-state index >= 15 is 0 Å². The standard InChI is InChI=1S/C16H14ClF2N3O/c1-3-7(2)13-12(17)11(8-4-5-9(18)10(19)6-8)14-15(20-13)22-16(23)21-14/h4-7H,3H2,1-2H3,(H2,20,21,22,23)/t7-/m0/s1. The molecule has 0 radical (unpaired) electrons. The Hall–Kier alpha value is -2.21. The first-order valence-corrected chi connectivity index (χ1v) is 7.57. The SMILES string of the molecule is CC[C@H](C)c1nc2[nH]c(=O)[nH]c2c(-c2ccc(F)c(F)c2)c1Cl. The first-order chi connectivity index (χ1) is 10.9. The lowest BCUT2D eigenvalue weighted by atomic mass is 9.98. The predicted octanol–water partition coefficient (Wildman–Crippen LogP) is 4.36. The van der Waals surface area contributed by atoms with Gasteiger partial charge >= 0.3 is 5.69 Å². The maximum absolute atomic E-state index is 13.6. The Labute approximate surface area is 135 Å². The Kier molecular flexibility index (Phi) is 3.93. The van der Waals surface area contributed by atoms with Gasteiger partial charge < -0.3 is 4.98 Å². The largest absolute Gasteiger partial charge is 0.325 e. The summed E-state index contributed by atoms with van der Waals surface area (Å²) in [6.07, 6.45) is 0.796. The van der Waals surface area contributed by atoms with Crippen LogP contribution >= 0.6 is 11.6 Å². The molecule has 2 N–H and O–H groups in total. The summed E-state index contributed by atoms with van der Waals surface area (Å²) in [7, 11) is 0. The van der Waals surface area contributed by atoms with Crippen molar-refractivity contribution in [1.82, 2.24) is 15.0 Å². The average molecular weight is 338 g/mol. The number of nitrogens with one attached hydrogen (secondary N) is 2. The zero-order valence-electron chi connectivity index (χ0n) is 12.5. The number of fused-ring (bicyclic) bond motifs is 1. The second-order valence-corrected chi connectivity index (χ2v) is 5.80. The Morgan fingerprint density at radius 3 is 2.65 bits per heavy atom. The van der Waals surface area contributed by atoms with Gasteiger partial charge in [-0.2, -0.15) is 0 Å². The Morgan fingerprint density at radius 1 is 1.26 bits per heavy atom. The van der Waals surface area contributed by atoms with Gasteiger partial charge in [0, 0.05) is 5.56 Å². The van der Waals surface area contributed by atoms with E-state index in [1.54, 1.807) is 0 Å². The molecule has 2 aromatic heterocycles. The van der Waals surface area contributed by atoms with E-state index in [0.29, 0.717) is 33.0 Å². The molecule has 0 bridgehead atoms. The van der Waals surface area contributed by atoms with Crippen LogP contribution in [0, 0.1) is 11.6 Å². The number of aromatic nitrogens is 3. The molecule has 1 atom stereocenters. The lowest BCUT2D eigenvalue weighted by molar-refractivity contribution is 0.509. The molecule has 23 heavy (non-hydrogen) atoms. The third-order valence-corrected chi connectivity index (χ3v) is 4.30. The summed E-state index contributed by atoms with van der Waals surface area (Å²) in [5, 5.41) is 0.327. The summed E-state index contributed by atoms with van der Waals surface area (Å²) < 4.78 is 26.8. The zero-order chi connectivity index (χ0) is 16.7. The maximum Gasteiger partial charge on any atom is 0.325 e. The molecular formula is C16H14ClF2N3O. The second kappa shape index (κ2) is 5.77. The van der Waals surface area contributed by atoms with Crippen LogP contribution in [0.3, 0.4) is 0 Å². The molecule has 2 heterocycles. The molecule has 3 rings (SSSR count). The molecule has 0 aliphatic heterocycles. The molecule has 0 aliphatic rings. The highest BCUT2D eigenvalue weighted by atomic mass is 35.5. The van der Waals surface area contributed by atoms with E-state index in [1.807, 2.05) is 13.8 Å². The number of nitrogens with zero attached hydrogens (tertiary/aromatic N) is 1. The topological polar surface area (TPSA) is 61.5 Å². The first kappa shape index (κ1) is 15.7. The van der Waals surface area contributed by atoms with Crippen LogP contribution in [0.1, 0.15) is 31.9 Å². The van der Waals surface area contributed by atoms with E-state index in [4.69, 9.17) is 11.6 Å². The summed E-state index contributed by atoms with van der Waals surface area (Å²) in [6, 6.07) is 3.51. The minimum atomic E-state index is -0.980. The van der Waals surface area contributed by atoms with E-state index in [0.717, 1.165) is 18.6 Å². The van der Waals surface area contributed by atoms with E-state index < -0.39 is 17.3 Å². The van der Waals surface area contributed by atoms with Crippen molar-refractivity contribution >= 4 is 22.8 Å². The van der Waals surface area contributed by atoms with Crippen molar-refractivity contribution in [2.45, 2.75) is 26.2 Å². The van der Waals surface area contributed by atoms with Crippen LogP contribution in [0.2, 0.25) is 5.02 Å². The Bertz CT molecular complexity index is 948. The van der Waals surface area contributed by atoms with Crippen molar-refractivity contribution in [3.05, 3.63) is 51.0 Å². The highest BCUT2D eigenvalue weighted by Gasteiger charge is 2.21. The fraction of sp³-hybridized carbons (Fsp3) is 0.250. The number of rotatable bonds is 3. The first-order valence-electron chi connectivity index (χ1n) is 7.19. The number of imidazole rings is 1. The number of hydrogen-bond donors (Lipinski definition) is 2. The molecule has 0 spiro atoms. The molecular weight excluding hydrogens is 324 g/mol. The van der Waals surface area contributed by atoms with Gasteiger partial charge in [-0.05, 0) is 30.0 Å². The molecule has 3 aromatic rings. The normalized spacial score (nSPS) is 12.7. The minimum absolute atomic E-state index is 0.0503. The van der Waals surface area contributed by atoms with Gasteiger partial charge in [-0.3, -0.25) is 4.98 Å². The molecule has 1 aromatic carbocycles. The second-order valence-electron chi connectivity index (χ2n) is 5.43. The number of halogens is 3. The molecule has 0 amide bonds. The van der Waals surface area contributed by atoms with Crippen LogP contribution in [0.5, 0.6) is 0 Å². The van der Waals surface area contributed by atoms with Crippen LogP contribution in [0.25, 0.3) is 22.3 Å². The molecule has 0 aliphatic carbocycles. The smallest absolute Gasteiger partial charge is 0.304 e. The summed E-state index contributed by atoms with van der Waals surface area (Å²) in [6.45, 7) is 3.95. The van der Waals surface area contributed by atoms with Gasteiger partial charge in [-0.25, -0.2) is 18.6 Å². The van der Waals surface area contributed by atoms with E-state index in [2.05, 4.69) is 15.0 Å².